The number of hydrogen-bond donors (Lipinski definition) is 1. The van der Waals surface area contributed by atoms with E-state index in [0.717, 1.165) is 11.3 Å². The van der Waals surface area contributed by atoms with Crippen molar-refractivity contribution in [3.8, 4) is 27.8 Å². The van der Waals surface area contributed by atoms with Crippen molar-refractivity contribution in [1.29, 1.82) is 5.26 Å². The van der Waals surface area contributed by atoms with Gasteiger partial charge in [-0.15, -0.1) is 11.3 Å². The van der Waals surface area contributed by atoms with Gasteiger partial charge in [-0.05, 0) is 36.1 Å². The van der Waals surface area contributed by atoms with Crippen LogP contribution in [0, 0.1) is 18.3 Å². The topological polar surface area (TPSA) is 74.0 Å². The Hall–Kier alpha value is -2.97. The summed E-state index contributed by atoms with van der Waals surface area (Å²) in [6, 6.07) is 12.4. The summed E-state index contributed by atoms with van der Waals surface area (Å²) in [5, 5.41) is 19.3. The molecule has 0 fully saturated rings. The maximum absolute atomic E-state index is 11.2. The van der Waals surface area contributed by atoms with E-state index in [1.54, 1.807) is 43.3 Å². The van der Waals surface area contributed by atoms with Crippen LogP contribution in [0.25, 0.3) is 21.7 Å². The molecule has 1 heterocycles. The van der Waals surface area contributed by atoms with Crippen LogP contribution in [0.4, 0.5) is 0 Å². The first-order chi connectivity index (χ1) is 13.3. The molecule has 1 unspecified atom stereocenters. The van der Waals surface area contributed by atoms with Gasteiger partial charge in [0.05, 0.1) is 18.7 Å². The van der Waals surface area contributed by atoms with E-state index >= 15 is 0 Å². The van der Waals surface area contributed by atoms with E-state index in [9.17, 15) is 15.2 Å². The van der Waals surface area contributed by atoms with Crippen molar-refractivity contribution in [2.75, 3.05) is 0 Å². The second-order valence-corrected chi connectivity index (χ2v) is 6.35. The van der Waals surface area contributed by atoms with Crippen molar-refractivity contribution < 1.29 is 14.0 Å². The Bertz CT molecular complexity index is 1090. The molecule has 1 N–H and O–H groups in total. The molecule has 1 atom stereocenters. The van der Waals surface area contributed by atoms with Crippen molar-refractivity contribution in [1.82, 2.24) is 4.98 Å². The molecule has 4 nitrogen and oxygen atoms in total. The number of thiazole rings is 1. The van der Waals surface area contributed by atoms with E-state index < -0.39 is 12.4 Å². The van der Waals surface area contributed by atoms with Crippen LogP contribution in [0.5, 0.6) is 0 Å². The van der Waals surface area contributed by atoms with E-state index in [-0.39, 0.29) is 17.8 Å². The number of hydrogen-bond acceptors (Lipinski definition) is 4. The highest BCUT2D eigenvalue weighted by Gasteiger charge is 2.16. The summed E-state index contributed by atoms with van der Waals surface area (Å²) in [4.78, 5) is 15.7. The number of carboxylic acid groups (broad SMARTS) is 1. The molecule has 0 aliphatic rings. The van der Waals surface area contributed by atoms with Crippen LogP contribution in [0.1, 0.15) is 37.5 Å². The molecule has 2 aromatic carbocycles. The number of aromatic carboxylic acids is 1. The first kappa shape index (κ1) is 13.3. The summed E-state index contributed by atoms with van der Waals surface area (Å²) >= 11 is 1.02. The molecule has 0 radical (unpaired) electrons. The van der Waals surface area contributed by atoms with Gasteiger partial charge in [-0.3, -0.25) is 0 Å². The smallest absolute Gasteiger partial charge is 0.347 e. The van der Waals surface area contributed by atoms with Crippen LogP contribution in [0.3, 0.4) is 0 Å². The van der Waals surface area contributed by atoms with Crippen molar-refractivity contribution in [2.45, 2.75) is 20.2 Å². The van der Waals surface area contributed by atoms with Gasteiger partial charge in [0.1, 0.15) is 9.88 Å². The average molecular weight is 351 g/mol. The first-order valence-corrected chi connectivity index (χ1v) is 8.25. The number of aromatic nitrogens is 1. The van der Waals surface area contributed by atoms with Gasteiger partial charge in [0.15, 0.2) is 0 Å². The van der Waals surface area contributed by atoms with E-state index in [0.29, 0.717) is 38.5 Å². The highest BCUT2D eigenvalue weighted by molar-refractivity contribution is 7.17. The number of nitriles is 1. The molecule has 0 spiro atoms. The molecule has 5 heteroatoms. The third kappa shape index (κ3) is 3.30. The Labute approximate surface area is 154 Å². The summed E-state index contributed by atoms with van der Waals surface area (Å²) in [5.41, 5.74) is 3.08. The van der Waals surface area contributed by atoms with Gasteiger partial charge in [0.2, 0.25) is 0 Å². The van der Waals surface area contributed by atoms with Crippen molar-refractivity contribution >= 4 is 17.3 Å². The Kier molecular flexibility index (Phi) is 3.67. The zero-order valence-electron chi connectivity index (χ0n) is 16.4. The van der Waals surface area contributed by atoms with Crippen LogP contribution in [0.2, 0.25) is 0 Å². The molecule has 0 saturated carbocycles. The number of nitrogens with zero attached hydrogens (tertiary/aromatic N) is 2. The van der Waals surface area contributed by atoms with Crippen LogP contribution < -0.4 is 0 Å². The van der Waals surface area contributed by atoms with E-state index in [4.69, 9.17) is 4.11 Å². The summed E-state index contributed by atoms with van der Waals surface area (Å²) in [6.45, 7) is 1.58. The molecule has 0 bridgehead atoms. The summed E-state index contributed by atoms with van der Waals surface area (Å²) in [7, 11) is 0. The zero-order chi connectivity index (χ0) is 20.4. The monoisotopic (exact) mass is 351 g/mol. The van der Waals surface area contributed by atoms with Crippen molar-refractivity contribution in [3.05, 3.63) is 64.1 Å². The maximum atomic E-state index is 11.2. The lowest BCUT2D eigenvalue weighted by Gasteiger charge is -2.07. The van der Waals surface area contributed by atoms with E-state index in [1.165, 1.54) is 0 Å². The van der Waals surface area contributed by atoms with Gasteiger partial charge in [-0.1, -0.05) is 43.3 Å². The summed E-state index contributed by atoms with van der Waals surface area (Å²) < 4.78 is 23.5. The summed E-state index contributed by atoms with van der Waals surface area (Å²) in [5.74, 6) is -1.05. The van der Waals surface area contributed by atoms with Gasteiger partial charge < -0.3 is 5.11 Å². The normalized spacial score (nSPS) is 13.4. The predicted molar refractivity (Wildman–Crippen MR) is 98.8 cm³/mol. The third-order valence-corrected chi connectivity index (χ3v) is 4.93. The number of carbonyl (C=O) groups is 1. The van der Waals surface area contributed by atoms with Crippen LogP contribution in [-0.4, -0.2) is 16.1 Å². The fourth-order valence-electron chi connectivity index (χ4n) is 2.45. The first-order valence-electron chi connectivity index (χ1n) is 9.21. The molecule has 0 amide bonds. The third-order valence-electron chi connectivity index (χ3n) is 3.73. The van der Waals surface area contributed by atoms with Gasteiger partial charge in [0.25, 0.3) is 0 Å². The lowest BCUT2D eigenvalue weighted by molar-refractivity contribution is 0.0701. The number of benzene rings is 2. The van der Waals surface area contributed by atoms with Crippen molar-refractivity contribution in [2.24, 2.45) is 0 Å². The minimum atomic E-state index is -1.05. The maximum Gasteiger partial charge on any atom is 0.347 e. The number of aryl methyl sites for hydroxylation is 2. The lowest BCUT2D eigenvalue weighted by atomic mass is 9.97. The predicted octanol–water partition coefficient (Wildman–Crippen LogP) is 4.92. The van der Waals surface area contributed by atoms with Crippen LogP contribution >= 0.6 is 11.3 Å². The fraction of sp³-hybridized carbons (Fsp3) is 0.150. The van der Waals surface area contributed by atoms with Gasteiger partial charge in [-0.25, -0.2) is 9.78 Å². The lowest BCUT2D eigenvalue weighted by Crippen LogP contribution is -1.94. The number of carboxylic acids is 1. The highest BCUT2D eigenvalue weighted by Crippen LogP contribution is 2.32. The second-order valence-electron chi connectivity index (χ2n) is 5.35. The Morgan fingerprint density at radius 3 is 2.76 bits per heavy atom. The largest absolute Gasteiger partial charge is 0.477 e. The van der Waals surface area contributed by atoms with E-state index in [2.05, 4.69) is 11.1 Å². The molecular formula is C20H16N2O2S. The van der Waals surface area contributed by atoms with Gasteiger partial charge in [-0.2, -0.15) is 5.26 Å². The quantitative estimate of drug-likeness (QED) is 0.724. The SMILES string of the molecule is [2H]CC([2H])c1ccc(-c2c([2H])cc(-c3nc(C)c(C(=O)O)s3)cc2C#N)cc1. The zero-order valence-corrected chi connectivity index (χ0v) is 14.2. The standard InChI is InChI=1S/C20H16N2O2S/c1-3-13-4-6-14(7-5-13)17-9-8-15(10-16(17)11-21)19-22-12(2)18(25-19)20(23)24/h4-10H,3H2,1-2H3,(H,23,24)/i1D,3D,9D. The molecular weight excluding hydrogens is 332 g/mol. The highest BCUT2D eigenvalue weighted by atomic mass is 32.1. The Balaban J connectivity index is 2.07. The molecule has 3 aromatic rings. The molecule has 0 aliphatic heterocycles. The minimum absolute atomic E-state index is 0.0350. The molecule has 0 aliphatic carbocycles. The number of rotatable bonds is 4. The molecule has 3 rings (SSSR count). The molecule has 1 aromatic heterocycles. The van der Waals surface area contributed by atoms with Crippen LogP contribution in [-0.2, 0) is 6.40 Å². The van der Waals surface area contributed by atoms with Gasteiger partial charge >= 0.3 is 5.97 Å². The fourth-order valence-corrected chi connectivity index (χ4v) is 3.34. The Morgan fingerprint density at radius 2 is 2.16 bits per heavy atom. The Morgan fingerprint density at radius 1 is 1.40 bits per heavy atom. The molecule has 25 heavy (non-hydrogen) atoms. The van der Waals surface area contributed by atoms with Gasteiger partial charge in [0, 0.05) is 8.30 Å². The molecule has 124 valence electrons. The minimum Gasteiger partial charge on any atom is -0.477 e. The average Bonchev–Trinajstić information content (AvgIpc) is 3.09. The second kappa shape index (κ2) is 6.88. The van der Waals surface area contributed by atoms with E-state index in [1.807, 2.05) is 0 Å². The summed E-state index contributed by atoms with van der Waals surface area (Å²) in [6.07, 6.45) is -0.626. The van der Waals surface area contributed by atoms with Crippen molar-refractivity contribution in [3.63, 3.8) is 0 Å². The molecule has 0 saturated heterocycles. The van der Waals surface area contributed by atoms with Crippen LogP contribution in [0.15, 0.2) is 42.4 Å².